The van der Waals surface area contributed by atoms with E-state index in [4.69, 9.17) is 5.26 Å². The van der Waals surface area contributed by atoms with E-state index in [1.165, 1.54) is 18.2 Å². The molecule has 0 fully saturated rings. The molecule has 2 aromatic carbocycles. The molecule has 4 heteroatoms. The Hall–Kier alpha value is -2.80. The van der Waals surface area contributed by atoms with Crippen molar-refractivity contribution in [3.8, 4) is 28.7 Å². The number of phenolic OH excluding ortho intramolecular Hbond substituents is 2. The molecule has 0 aliphatic carbocycles. The summed E-state index contributed by atoms with van der Waals surface area (Å²) in [5.74, 6) is -0.205. The van der Waals surface area contributed by atoms with Crippen LogP contribution in [0.1, 0.15) is 15.9 Å². The highest BCUT2D eigenvalue weighted by atomic mass is 16.3. The summed E-state index contributed by atoms with van der Waals surface area (Å²) in [6, 6.07) is 11.2. The summed E-state index contributed by atoms with van der Waals surface area (Å²) in [7, 11) is 0. The molecule has 0 aromatic heterocycles. The summed E-state index contributed by atoms with van der Waals surface area (Å²) >= 11 is 0. The molecule has 0 radical (unpaired) electrons. The van der Waals surface area contributed by atoms with Crippen LogP contribution in [0.15, 0.2) is 36.4 Å². The lowest BCUT2D eigenvalue weighted by Gasteiger charge is -2.07. The highest BCUT2D eigenvalue weighted by molar-refractivity contribution is 5.85. The third-order valence-electron chi connectivity index (χ3n) is 2.63. The van der Waals surface area contributed by atoms with Gasteiger partial charge in [0.15, 0.2) is 6.29 Å². The van der Waals surface area contributed by atoms with Gasteiger partial charge in [-0.15, -0.1) is 0 Å². The number of hydrogen-bond acceptors (Lipinski definition) is 4. The highest BCUT2D eigenvalue weighted by Gasteiger charge is 2.13. The maximum absolute atomic E-state index is 10.7. The standard InChI is InChI=1S/C14H9NO3/c15-7-13-12(6-3-10(8-16)14(13)18)9-1-4-11(17)5-2-9/h1-6,8,17-18H. The van der Waals surface area contributed by atoms with Crippen molar-refractivity contribution < 1.29 is 15.0 Å². The van der Waals surface area contributed by atoms with E-state index in [9.17, 15) is 15.0 Å². The zero-order valence-electron chi connectivity index (χ0n) is 9.29. The van der Waals surface area contributed by atoms with Gasteiger partial charge in [0.25, 0.3) is 0 Å². The van der Waals surface area contributed by atoms with Crippen LogP contribution in [0, 0.1) is 11.3 Å². The first-order valence-electron chi connectivity index (χ1n) is 5.18. The molecule has 0 heterocycles. The van der Waals surface area contributed by atoms with Gasteiger partial charge in [-0.3, -0.25) is 4.79 Å². The summed E-state index contributed by atoms with van der Waals surface area (Å²) in [6.07, 6.45) is 0.497. The Balaban J connectivity index is 2.66. The molecule has 18 heavy (non-hydrogen) atoms. The second kappa shape index (κ2) is 4.60. The fourth-order valence-corrected chi connectivity index (χ4v) is 1.70. The lowest BCUT2D eigenvalue weighted by molar-refractivity contribution is 0.112. The average molecular weight is 239 g/mol. The van der Waals surface area contributed by atoms with Gasteiger partial charge >= 0.3 is 0 Å². The number of nitrogens with zero attached hydrogens (tertiary/aromatic N) is 1. The fraction of sp³-hybridized carbons (Fsp3) is 0. The molecule has 0 saturated carbocycles. The summed E-state index contributed by atoms with van der Waals surface area (Å²) in [6.45, 7) is 0. The van der Waals surface area contributed by atoms with Crippen LogP contribution in [0.5, 0.6) is 11.5 Å². The summed E-state index contributed by atoms with van der Waals surface area (Å²) in [5.41, 5.74) is 1.32. The number of nitriles is 1. The molecule has 4 nitrogen and oxygen atoms in total. The molecule has 0 spiro atoms. The number of carbonyl (C=O) groups excluding carboxylic acids is 1. The molecule has 2 aromatic rings. The van der Waals surface area contributed by atoms with Crippen molar-refractivity contribution in [3.63, 3.8) is 0 Å². The Morgan fingerprint density at radius 1 is 1.06 bits per heavy atom. The normalized spacial score (nSPS) is 9.72. The van der Waals surface area contributed by atoms with Gasteiger partial charge in [0.05, 0.1) is 5.56 Å². The zero-order valence-corrected chi connectivity index (χ0v) is 9.29. The predicted molar refractivity (Wildman–Crippen MR) is 65.3 cm³/mol. The van der Waals surface area contributed by atoms with E-state index in [-0.39, 0.29) is 22.6 Å². The maximum Gasteiger partial charge on any atom is 0.153 e. The number of rotatable bonds is 2. The molecule has 0 bridgehead atoms. The lowest BCUT2D eigenvalue weighted by atomic mass is 9.97. The number of carbonyl (C=O) groups is 1. The molecule has 2 rings (SSSR count). The average Bonchev–Trinajstić information content (AvgIpc) is 2.39. The van der Waals surface area contributed by atoms with E-state index < -0.39 is 0 Å². The van der Waals surface area contributed by atoms with Gasteiger partial charge in [-0.1, -0.05) is 18.2 Å². The third kappa shape index (κ3) is 1.89. The van der Waals surface area contributed by atoms with Gasteiger partial charge < -0.3 is 10.2 Å². The number of phenols is 2. The van der Waals surface area contributed by atoms with Gasteiger partial charge in [0.2, 0.25) is 0 Å². The van der Waals surface area contributed by atoms with E-state index in [1.807, 2.05) is 6.07 Å². The van der Waals surface area contributed by atoms with E-state index >= 15 is 0 Å². The van der Waals surface area contributed by atoms with Crippen molar-refractivity contribution in [3.05, 3.63) is 47.5 Å². The van der Waals surface area contributed by atoms with Crippen molar-refractivity contribution in [2.45, 2.75) is 0 Å². The molecule has 0 aliphatic rings. The SMILES string of the molecule is N#Cc1c(-c2ccc(O)cc2)ccc(C=O)c1O. The quantitative estimate of drug-likeness (QED) is 0.788. The topological polar surface area (TPSA) is 81.3 Å². The first-order valence-corrected chi connectivity index (χ1v) is 5.18. The fourth-order valence-electron chi connectivity index (χ4n) is 1.70. The van der Waals surface area contributed by atoms with E-state index in [2.05, 4.69) is 0 Å². The van der Waals surface area contributed by atoms with E-state index in [1.54, 1.807) is 18.2 Å². The van der Waals surface area contributed by atoms with Crippen LogP contribution < -0.4 is 0 Å². The van der Waals surface area contributed by atoms with Crippen LogP contribution in [0.3, 0.4) is 0 Å². The molecule has 0 atom stereocenters. The van der Waals surface area contributed by atoms with Crippen LogP contribution in [0.25, 0.3) is 11.1 Å². The molecule has 0 aliphatic heterocycles. The Kier molecular flexibility index (Phi) is 2.98. The number of benzene rings is 2. The minimum Gasteiger partial charge on any atom is -0.508 e. The van der Waals surface area contributed by atoms with Gasteiger partial charge in [-0.05, 0) is 23.8 Å². The Bertz CT molecular complexity index is 639. The van der Waals surface area contributed by atoms with Crippen molar-refractivity contribution in [2.75, 3.05) is 0 Å². The van der Waals surface area contributed by atoms with Gasteiger partial charge in [-0.25, -0.2) is 0 Å². The second-order valence-electron chi connectivity index (χ2n) is 3.70. The molecule has 0 amide bonds. The minimum absolute atomic E-state index is 0.0466. The largest absolute Gasteiger partial charge is 0.508 e. The van der Waals surface area contributed by atoms with Gasteiger partial charge in [0, 0.05) is 5.56 Å². The molecule has 88 valence electrons. The second-order valence-corrected chi connectivity index (χ2v) is 3.70. The monoisotopic (exact) mass is 239 g/mol. The van der Waals surface area contributed by atoms with E-state index in [0.29, 0.717) is 17.4 Å². The molecule has 0 unspecified atom stereocenters. The minimum atomic E-state index is -0.321. The first kappa shape index (κ1) is 11.7. The maximum atomic E-state index is 10.7. The first-order chi connectivity index (χ1) is 8.67. The van der Waals surface area contributed by atoms with Crippen molar-refractivity contribution >= 4 is 6.29 Å². The predicted octanol–water partition coefficient (Wildman–Crippen LogP) is 2.45. The molecule has 2 N–H and O–H groups in total. The van der Waals surface area contributed by atoms with Gasteiger partial charge in [0.1, 0.15) is 23.1 Å². The van der Waals surface area contributed by atoms with E-state index in [0.717, 1.165) is 0 Å². The highest BCUT2D eigenvalue weighted by Crippen LogP contribution is 2.32. The Morgan fingerprint density at radius 2 is 1.72 bits per heavy atom. The van der Waals surface area contributed by atoms with Crippen molar-refractivity contribution in [1.82, 2.24) is 0 Å². The number of aldehydes is 1. The van der Waals surface area contributed by atoms with Crippen LogP contribution >= 0.6 is 0 Å². The number of aromatic hydroxyl groups is 2. The smallest absolute Gasteiger partial charge is 0.153 e. The van der Waals surface area contributed by atoms with Crippen LogP contribution in [-0.4, -0.2) is 16.5 Å². The summed E-state index contributed by atoms with van der Waals surface area (Å²) < 4.78 is 0. The summed E-state index contributed by atoms with van der Waals surface area (Å²) in [4.78, 5) is 10.7. The zero-order chi connectivity index (χ0) is 13.1. The Labute approximate surface area is 103 Å². The summed E-state index contributed by atoms with van der Waals surface area (Å²) in [5, 5.41) is 28.0. The molecular formula is C14H9NO3. The Morgan fingerprint density at radius 3 is 2.28 bits per heavy atom. The molecular weight excluding hydrogens is 230 g/mol. The van der Waals surface area contributed by atoms with Crippen molar-refractivity contribution in [2.24, 2.45) is 0 Å². The van der Waals surface area contributed by atoms with Crippen molar-refractivity contribution in [1.29, 1.82) is 5.26 Å². The van der Waals surface area contributed by atoms with Crippen LogP contribution in [0.2, 0.25) is 0 Å². The van der Waals surface area contributed by atoms with Crippen LogP contribution in [0.4, 0.5) is 0 Å². The van der Waals surface area contributed by atoms with Gasteiger partial charge in [-0.2, -0.15) is 5.26 Å². The third-order valence-corrected chi connectivity index (χ3v) is 2.63. The molecule has 0 saturated heterocycles. The number of hydrogen-bond donors (Lipinski definition) is 2. The lowest BCUT2D eigenvalue weighted by Crippen LogP contribution is -1.90. The van der Waals surface area contributed by atoms with Crippen LogP contribution in [-0.2, 0) is 0 Å².